The molecule has 0 amide bonds. The summed E-state index contributed by atoms with van der Waals surface area (Å²) in [7, 11) is -0.633. The highest BCUT2D eigenvalue weighted by Crippen LogP contribution is 2.39. The van der Waals surface area contributed by atoms with Crippen molar-refractivity contribution in [2.75, 3.05) is 12.3 Å². The van der Waals surface area contributed by atoms with Crippen molar-refractivity contribution in [3.05, 3.63) is 35.6 Å². The van der Waals surface area contributed by atoms with Crippen LogP contribution in [0.25, 0.3) is 17.1 Å². The summed E-state index contributed by atoms with van der Waals surface area (Å²) in [6.45, 7) is 7.69. The Balaban J connectivity index is 2.06. The number of fused-ring (bicyclic) bond motifs is 1. The minimum atomic E-state index is -0.633. The normalized spacial score (nSPS) is 19.9. The van der Waals surface area contributed by atoms with Crippen LogP contribution in [0, 0.1) is 0 Å². The first-order valence-corrected chi connectivity index (χ1v) is 7.91. The maximum absolute atomic E-state index is 9.85. The number of aromatic nitrogens is 2. The van der Waals surface area contributed by atoms with Gasteiger partial charge in [0.2, 0.25) is 0 Å². The molecule has 1 aromatic heterocycles. The molecule has 24 heavy (non-hydrogen) atoms. The van der Waals surface area contributed by atoms with Gasteiger partial charge in [0.15, 0.2) is 0 Å². The van der Waals surface area contributed by atoms with Gasteiger partial charge in [0.25, 0.3) is 0 Å². The van der Waals surface area contributed by atoms with E-state index in [1.54, 1.807) is 24.5 Å². The molecule has 7 heteroatoms. The van der Waals surface area contributed by atoms with E-state index in [1.807, 2.05) is 33.8 Å². The van der Waals surface area contributed by atoms with E-state index in [1.165, 1.54) is 0 Å². The number of rotatable bonds is 3. The Bertz CT molecular complexity index is 789. The van der Waals surface area contributed by atoms with Crippen molar-refractivity contribution in [3.8, 4) is 0 Å². The van der Waals surface area contributed by atoms with Crippen LogP contribution in [-0.4, -0.2) is 40.0 Å². The largest absolute Gasteiger partial charge is 0.492 e. The first-order chi connectivity index (χ1) is 11.2. The standard InChI is InChI=1S/C17H22BN3O3/c1-16(2)17(3,4)24-18(23-16)11(10-22)9-12-13(19)5-6-14-15(12)21-8-7-20-14/h5-9,22H,10,19H2,1-4H3. The molecule has 0 unspecified atom stereocenters. The molecule has 1 aliphatic heterocycles. The van der Waals surface area contributed by atoms with E-state index >= 15 is 0 Å². The second-order valence-corrected chi connectivity index (χ2v) is 6.96. The van der Waals surface area contributed by atoms with Crippen molar-refractivity contribution in [1.82, 2.24) is 9.97 Å². The minimum Gasteiger partial charge on any atom is -0.400 e. The molecule has 1 aromatic carbocycles. The smallest absolute Gasteiger partial charge is 0.400 e. The van der Waals surface area contributed by atoms with Crippen LogP contribution in [0.5, 0.6) is 0 Å². The van der Waals surface area contributed by atoms with Gasteiger partial charge in [-0.2, -0.15) is 0 Å². The molecular formula is C17H22BN3O3. The molecule has 126 valence electrons. The first kappa shape index (κ1) is 16.9. The third kappa shape index (κ3) is 2.79. The van der Waals surface area contributed by atoms with E-state index in [9.17, 15) is 5.11 Å². The zero-order valence-electron chi connectivity index (χ0n) is 14.4. The lowest BCUT2D eigenvalue weighted by Crippen LogP contribution is -2.41. The highest BCUT2D eigenvalue weighted by atomic mass is 16.7. The molecule has 0 atom stereocenters. The maximum Gasteiger partial charge on any atom is 0.492 e. The number of nitrogen functional groups attached to an aromatic ring is 1. The molecule has 1 saturated heterocycles. The van der Waals surface area contributed by atoms with E-state index in [4.69, 9.17) is 15.0 Å². The summed E-state index contributed by atoms with van der Waals surface area (Å²) in [6.07, 6.45) is 5.04. The number of anilines is 1. The lowest BCUT2D eigenvalue weighted by atomic mass is 9.77. The fourth-order valence-electron chi connectivity index (χ4n) is 2.59. The van der Waals surface area contributed by atoms with Crippen LogP contribution in [0.2, 0.25) is 0 Å². The predicted octanol–water partition coefficient (Wildman–Crippen LogP) is 2.22. The number of benzene rings is 1. The summed E-state index contributed by atoms with van der Waals surface area (Å²) in [5.41, 5.74) is 8.45. The number of nitrogens with zero attached hydrogens (tertiary/aromatic N) is 2. The van der Waals surface area contributed by atoms with Gasteiger partial charge in [-0.05, 0) is 45.3 Å². The van der Waals surface area contributed by atoms with Gasteiger partial charge < -0.3 is 20.1 Å². The molecular weight excluding hydrogens is 305 g/mol. The number of aliphatic hydroxyl groups is 1. The summed E-state index contributed by atoms with van der Waals surface area (Å²) in [5, 5.41) is 9.85. The molecule has 6 nitrogen and oxygen atoms in total. The van der Waals surface area contributed by atoms with Gasteiger partial charge in [0, 0.05) is 23.6 Å². The van der Waals surface area contributed by atoms with Crippen molar-refractivity contribution in [1.29, 1.82) is 0 Å². The van der Waals surface area contributed by atoms with Crippen LogP contribution in [0.4, 0.5) is 5.69 Å². The zero-order chi connectivity index (χ0) is 17.5. The van der Waals surface area contributed by atoms with Crippen molar-refractivity contribution in [2.24, 2.45) is 0 Å². The second-order valence-electron chi connectivity index (χ2n) is 6.96. The average molecular weight is 327 g/mol. The van der Waals surface area contributed by atoms with Gasteiger partial charge in [-0.15, -0.1) is 0 Å². The lowest BCUT2D eigenvalue weighted by molar-refractivity contribution is 0.00578. The summed E-state index contributed by atoms with van der Waals surface area (Å²) < 4.78 is 12.0. The monoisotopic (exact) mass is 327 g/mol. The van der Waals surface area contributed by atoms with Gasteiger partial charge in [-0.3, -0.25) is 9.97 Å². The molecule has 3 rings (SSSR count). The molecule has 0 radical (unpaired) electrons. The van der Waals surface area contributed by atoms with Gasteiger partial charge >= 0.3 is 7.12 Å². The Morgan fingerprint density at radius 3 is 2.42 bits per heavy atom. The number of nitrogens with two attached hydrogens (primary N) is 1. The summed E-state index contributed by atoms with van der Waals surface area (Å²) in [5.74, 6) is 0. The third-order valence-corrected chi connectivity index (χ3v) is 4.78. The maximum atomic E-state index is 9.85. The van der Waals surface area contributed by atoms with E-state index in [0.29, 0.717) is 22.2 Å². The van der Waals surface area contributed by atoms with Gasteiger partial charge in [-0.1, -0.05) is 6.08 Å². The van der Waals surface area contributed by atoms with Crippen LogP contribution in [0.3, 0.4) is 0 Å². The molecule has 1 fully saturated rings. The first-order valence-electron chi connectivity index (χ1n) is 7.91. The van der Waals surface area contributed by atoms with Gasteiger partial charge in [-0.25, -0.2) is 0 Å². The molecule has 0 spiro atoms. The summed E-state index contributed by atoms with van der Waals surface area (Å²) >= 11 is 0. The highest BCUT2D eigenvalue weighted by Gasteiger charge is 2.52. The fraction of sp³-hybridized carbons (Fsp3) is 0.412. The number of hydrogen-bond donors (Lipinski definition) is 2. The van der Waals surface area contributed by atoms with Crippen LogP contribution in [0.15, 0.2) is 30.0 Å². The summed E-state index contributed by atoms with van der Waals surface area (Å²) in [6, 6.07) is 3.60. The van der Waals surface area contributed by atoms with Crippen LogP contribution < -0.4 is 5.73 Å². The molecule has 0 aliphatic carbocycles. The Labute approximate surface area is 141 Å². The zero-order valence-corrected chi connectivity index (χ0v) is 14.4. The predicted molar refractivity (Wildman–Crippen MR) is 95.1 cm³/mol. The Morgan fingerprint density at radius 1 is 1.17 bits per heavy atom. The molecule has 0 saturated carbocycles. The van der Waals surface area contributed by atoms with Crippen molar-refractivity contribution < 1.29 is 14.4 Å². The minimum absolute atomic E-state index is 0.201. The molecule has 3 N–H and O–H groups in total. The second kappa shape index (κ2) is 5.84. The van der Waals surface area contributed by atoms with Crippen LogP contribution in [0.1, 0.15) is 33.3 Å². The Hall–Kier alpha value is -1.96. The quantitative estimate of drug-likeness (QED) is 0.663. The van der Waals surface area contributed by atoms with Gasteiger partial charge in [0.1, 0.15) is 0 Å². The number of aliphatic hydroxyl groups excluding tert-OH is 1. The molecule has 2 heterocycles. The topological polar surface area (TPSA) is 90.5 Å². The third-order valence-electron chi connectivity index (χ3n) is 4.78. The van der Waals surface area contributed by atoms with E-state index in [2.05, 4.69) is 9.97 Å². The van der Waals surface area contributed by atoms with Gasteiger partial charge in [0.05, 0.1) is 28.8 Å². The van der Waals surface area contributed by atoms with Crippen molar-refractivity contribution >= 4 is 29.9 Å². The molecule has 2 aromatic rings. The Kier molecular flexibility index (Phi) is 4.11. The highest BCUT2D eigenvalue weighted by molar-refractivity contribution is 6.56. The Morgan fingerprint density at radius 2 is 1.79 bits per heavy atom. The van der Waals surface area contributed by atoms with Crippen LogP contribution >= 0.6 is 0 Å². The lowest BCUT2D eigenvalue weighted by Gasteiger charge is -2.32. The number of hydrogen-bond acceptors (Lipinski definition) is 6. The summed E-state index contributed by atoms with van der Waals surface area (Å²) in [4.78, 5) is 8.65. The average Bonchev–Trinajstić information content (AvgIpc) is 2.74. The van der Waals surface area contributed by atoms with E-state index in [-0.39, 0.29) is 6.61 Å². The van der Waals surface area contributed by atoms with Crippen molar-refractivity contribution in [3.63, 3.8) is 0 Å². The SMILES string of the molecule is CC1(C)OB(C(=Cc2c(N)ccc3nccnc23)CO)OC1(C)C. The van der Waals surface area contributed by atoms with Crippen molar-refractivity contribution in [2.45, 2.75) is 38.9 Å². The van der Waals surface area contributed by atoms with E-state index < -0.39 is 18.3 Å². The van der Waals surface area contributed by atoms with Crippen LogP contribution in [-0.2, 0) is 9.31 Å². The molecule has 1 aliphatic rings. The fourth-order valence-corrected chi connectivity index (χ4v) is 2.59. The molecule has 0 bridgehead atoms. The van der Waals surface area contributed by atoms with E-state index in [0.717, 1.165) is 5.52 Å².